The lowest BCUT2D eigenvalue weighted by molar-refractivity contribution is -0.0657. The molecule has 2 aliphatic heterocycles. The van der Waals surface area contributed by atoms with Crippen molar-refractivity contribution in [2.45, 2.75) is 32.2 Å². The molecule has 6 rings (SSSR count). The molecule has 0 radical (unpaired) electrons. The van der Waals surface area contributed by atoms with Crippen molar-refractivity contribution < 1.29 is 13.6 Å². The number of halogens is 2. The van der Waals surface area contributed by atoms with E-state index in [1.54, 1.807) is 35.6 Å². The fraction of sp³-hybridized carbons (Fsp3) is 0.333. The molecular weight excluding hydrogens is 476 g/mol. The van der Waals surface area contributed by atoms with Gasteiger partial charge in [-0.1, -0.05) is 6.92 Å². The van der Waals surface area contributed by atoms with E-state index in [2.05, 4.69) is 20.6 Å². The first-order valence-electron chi connectivity index (χ1n) is 12.4. The number of aromatic nitrogens is 4. The van der Waals surface area contributed by atoms with Crippen molar-refractivity contribution in [2.75, 3.05) is 23.3 Å². The lowest BCUT2D eigenvalue weighted by Crippen LogP contribution is -2.48. The van der Waals surface area contributed by atoms with Gasteiger partial charge < -0.3 is 20.1 Å². The van der Waals surface area contributed by atoms with E-state index in [1.807, 2.05) is 36.9 Å². The van der Waals surface area contributed by atoms with E-state index in [9.17, 15) is 13.6 Å². The smallest absolute Gasteiger partial charge is 0.268 e. The first kappa shape index (κ1) is 23.3. The highest BCUT2D eigenvalue weighted by Gasteiger charge is 2.43. The molecule has 1 atom stereocenters. The monoisotopic (exact) mass is 503 g/mol. The fourth-order valence-corrected chi connectivity index (χ4v) is 5.43. The Morgan fingerprint density at radius 2 is 2.03 bits per heavy atom. The highest BCUT2D eigenvalue weighted by atomic mass is 19.3. The van der Waals surface area contributed by atoms with E-state index >= 15 is 0 Å². The van der Waals surface area contributed by atoms with Gasteiger partial charge in [-0.15, -0.1) is 0 Å². The van der Waals surface area contributed by atoms with Crippen LogP contribution in [0.4, 0.5) is 26.0 Å². The van der Waals surface area contributed by atoms with Gasteiger partial charge in [-0.25, -0.2) is 18.7 Å². The van der Waals surface area contributed by atoms with Crippen molar-refractivity contribution in [3.05, 3.63) is 60.2 Å². The molecule has 0 aromatic carbocycles. The Kier molecular flexibility index (Phi) is 5.54. The molecule has 6 heterocycles. The Morgan fingerprint density at radius 3 is 2.78 bits per heavy atom. The molecule has 1 saturated heterocycles. The van der Waals surface area contributed by atoms with Crippen molar-refractivity contribution in [3.8, 4) is 11.3 Å². The van der Waals surface area contributed by atoms with Crippen LogP contribution in [0.1, 0.15) is 35.7 Å². The van der Waals surface area contributed by atoms with Crippen molar-refractivity contribution in [1.29, 1.82) is 0 Å². The molecule has 2 aliphatic rings. The molecule has 0 spiro atoms. The van der Waals surface area contributed by atoms with Gasteiger partial charge in [0, 0.05) is 55.0 Å². The maximum Gasteiger partial charge on any atom is 0.268 e. The predicted octanol–water partition coefficient (Wildman–Crippen LogP) is 4.89. The van der Waals surface area contributed by atoms with E-state index in [4.69, 9.17) is 4.98 Å². The van der Waals surface area contributed by atoms with Crippen molar-refractivity contribution in [3.63, 3.8) is 0 Å². The van der Waals surface area contributed by atoms with E-state index in [-0.39, 0.29) is 12.5 Å². The quantitative estimate of drug-likeness (QED) is 0.403. The van der Waals surface area contributed by atoms with Gasteiger partial charge in [-0.3, -0.25) is 9.78 Å². The van der Waals surface area contributed by atoms with Crippen molar-refractivity contribution >= 4 is 34.1 Å². The minimum atomic E-state index is -2.72. The van der Waals surface area contributed by atoms with Gasteiger partial charge in [0.05, 0.1) is 41.6 Å². The van der Waals surface area contributed by atoms with Crippen LogP contribution in [0.15, 0.2) is 49.1 Å². The zero-order valence-corrected chi connectivity index (χ0v) is 20.6. The predicted molar refractivity (Wildman–Crippen MR) is 138 cm³/mol. The normalized spacial score (nSPS) is 18.6. The maximum atomic E-state index is 14.5. The van der Waals surface area contributed by atoms with Crippen LogP contribution in [0.3, 0.4) is 0 Å². The third-order valence-electron chi connectivity index (χ3n) is 7.47. The van der Waals surface area contributed by atoms with E-state index in [0.29, 0.717) is 48.7 Å². The number of fused-ring (bicyclic) bond motifs is 2. The van der Waals surface area contributed by atoms with Gasteiger partial charge in [0.25, 0.3) is 11.8 Å². The zero-order chi connectivity index (χ0) is 25.7. The van der Waals surface area contributed by atoms with Crippen LogP contribution in [-0.2, 0) is 13.6 Å². The van der Waals surface area contributed by atoms with E-state index in [0.717, 1.165) is 27.9 Å². The Labute approximate surface area is 212 Å². The third kappa shape index (κ3) is 3.96. The maximum absolute atomic E-state index is 14.5. The van der Waals surface area contributed by atoms with Gasteiger partial charge in [0.2, 0.25) is 0 Å². The lowest BCUT2D eigenvalue weighted by Gasteiger charge is -2.39. The summed E-state index contributed by atoms with van der Waals surface area (Å²) in [6, 6.07) is 7.42. The number of amides is 1. The number of carbonyl (C=O) groups excluding carboxylic acids is 1. The average Bonchev–Trinajstić information content (AvgIpc) is 3.47. The molecule has 0 bridgehead atoms. The third-order valence-corrected chi connectivity index (χ3v) is 7.47. The van der Waals surface area contributed by atoms with E-state index in [1.165, 1.54) is 0 Å². The fourth-order valence-electron chi connectivity index (χ4n) is 5.43. The van der Waals surface area contributed by atoms with Gasteiger partial charge in [-0.05, 0) is 37.1 Å². The Morgan fingerprint density at radius 1 is 1.16 bits per heavy atom. The first-order chi connectivity index (χ1) is 17.9. The molecule has 37 heavy (non-hydrogen) atoms. The Hall–Kier alpha value is -4.08. The summed E-state index contributed by atoms with van der Waals surface area (Å²) >= 11 is 0. The van der Waals surface area contributed by atoms with Gasteiger partial charge in [0.15, 0.2) is 0 Å². The van der Waals surface area contributed by atoms with Crippen molar-refractivity contribution in [2.24, 2.45) is 13.0 Å². The minimum absolute atomic E-state index is 0.183. The molecule has 1 amide bonds. The van der Waals surface area contributed by atoms with Crippen LogP contribution < -0.4 is 15.5 Å². The number of nitrogens with zero attached hydrogens (tertiary/aromatic N) is 5. The average molecular weight is 504 g/mol. The number of rotatable bonds is 5. The van der Waals surface area contributed by atoms with Crippen LogP contribution in [0.25, 0.3) is 22.3 Å². The topological polar surface area (TPSA) is 88.0 Å². The number of nitrogens with one attached hydrogen (secondary N) is 2. The second-order valence-electron chi connectivity index (χ2n) is 9.68. The number of pyridine rings is 3. The molecule has 4 aromatic rings. The summed E-state index contributed by atoms with van der Waals surface area (Å²) in [5, 5.41) is 7.07. The van der Waals surface area contributed by atoms with Crippen molar-refractivity contribution in [1.82, 2.24) is 24.8 Å². The molecule has 10 heteroatoms. The standard InChI is InChI=1S/C27H27F2N7O/c1-3-16-7-11-36(15-27(16,28)29)17-4-5-22(31-12-17)34-21-14-32-24(20-13-33-26(37)23(20)21)18-6-9-30-25-19(18)8-10-35(25)2/h4-6,8-10,12,14,16H,3,7,11,13,15H2,1-2H3,(H,31,34)(H,33,37). The van der Waals surface area contributed by atoms with Gasteiger partial charge >= 0.3 is 0 Å². The lowest BCUT2D eigenvalue weighted by atomic mass is 9.90. The van der Waals surface area contributed by atoms with Crippen LogP contribution in [0, 0.1) is 5.92 Å². The number of piperidine rings is 1. The first-order valence-corrected chi connectivity index (χ1v) is 12.4. The molecule has 8 nitrogen and oxygen atoms in total. The number of carbonyl (C=O) groups is 1. The summed E-state index contributed by atoms with van der Waals surface area (Å²) in [6.07, 6.45) is 7.85. The second-order valence-corrected chi connectivity index (χ2v) is 9.68. The van der Waals surface area contributed by atoms with Crippen LogP contribution in [-0.4, -0.2) is 44.4 Å². The van der Waals surface area contributed by atoms with Crippen LogP contribution in [0.5, 0.6) is 0 Å². The summed E-state index contributed by atoms with van der Waals surface area (Å²) in [4.78, 5) is 28.1. The minimum Gasteiger partial charge on any atom is -0.364 e. The molecule has 4 aromatic heterocycles. The molecule has 190 valence electrons. The molecule has 2 N–H and O–H groups in total. The number of anilines is 3. The SMILES string of the molecule is CCC1CCN(c2ccc(Nc3cnc(-c4ccnc5c4ccn5C)c4c3C(=O)NC4)nc2)CC1(F)F. The number of aryl methyl sites for hydroxylation is 1. The van der Waals surface area contributed by atoms with Crippen LogP contribution >= 0.6 is 0 Å². The highest BCUT2D eigenvalue weighted by molar-refractivity contribution is 6.06. The number of hydrogen-bond acceptors (Lipinski definition) is 6. The summed E-state index contributed by atoms with van der Waals surface area (Å²) in [6.45, 7) is 2.46. The summed E-state index contributed by atoms with van der Waals surface area (Å²) in [5.74, 6) is -2.97. The molecule has 1 fully saturated rings. The molecule has 0 saturated carbocycles. The van der Waals surface area contributed by atoms with Crippen LogP contribution in [0.2, 0.25) is 0 Å². The molecular formula is C27H27F2N7O. The Bertz CT molecular complexity index is 1500. The molecule has 1 unspecified atom stereocenters. The number of alkyl halides is 2. The van der Waals surface area contributed by atoms with Gasteiger partial charge in [-0.2, -0.15) is 0 Å². The van der Waals surface area contributed by atoms with Gasteiger partial charge in [0.1, 0.15) is 11.5 Å². The summed E-state index contributed by atoms with van der Waals surface area (Å²) in [7, 11) is 1.94. The molecule has 0 aliphatic carbocycles. The largest absolute Gasteiger partial charge is 0.364 e. The van der Waals surface area contributed by atoms with E-state index < -0.39 is 11.8 Å². The summed E-state index contributed by atoms with van der Waals surface area (Å²) < 4.78 is 30.9. The second kappa shape index (κ2) is 8.79. The number of hydrogen-bond donors (Lipinski definition) is 2. The summed E-state index contributed by atoms with van der Waals surface area (Å²) in [5.41, 5.74) is 5.02. The zero-order valence-electron chi connectivity index (χ0n) is 20.6. The highest BCUT2D eigenvalue weighted by Crippen LogP contribution is 2.38. The Balaban J connectivity index is 1.28.